The lowest BCUT2D eigenvalue weighted by Crippen LogP contribution is -2.34. The van der Waals surface area contributed by atoms with Gasteiger partial charge in [0.05, 0.1) is 4.92 Å². The number of aromatic nitrogens is 2. The molecule has 1 unspecified atom stereocenters. The number of aryl methyl sites for hydroxylation is 1. The molecule has 1 heterocycles. The second-order valence-corrected chi connectivity index (χ2v) is 5.65. The minimum absolute atomic E-state index is 0.0912. The number of non-ortho nitro benzene ring substituents is 1. The largest absolute Gasteiger partial charge is 0.336 e. The van der Waals surface area contributed by atoms with Crippen LogP contribution in [0.4, 0.5) is 16.2 Å². The monoisotopic (exact) mass is 351 g/mol. The number of rotatable bonds is 5. The number of imidazole rings is 1. The Morgan fingerprint density at radius 2 is 1.96 bits per heavy atom. The number of hydrogen-bond acceptors (Lipinski definition) is 4. The van der Waals surface area contributed by atoms with Crippen LogP contribution in [0, 0.1) is 10.1 Å². The average Bonchev–Trinajstić information content (AvgIpc) is 3.06. The van der Waals surface area contributed by atoms with Crippen molar-refractivity contribution in [2.24, 2.45) is 7.05 Å². The zero-order valence-electron chi connectivity index (χ0n) is 14.0. The quantitative estimate of drug-likeness (QED) is 0.544. The molecule has 2 amide bonds. The second-order valence-electron chi connectivity index (χ2n) is 5.65. The first-order valence-electron chi connectivity index (χ1n) is 7.89. The molecule has 3 aromatic rings. The Hall–Kier alpha value is -3.68. The van der Waals surface area contributed by atoms with Gasteiger partial charge < -0.3 is 15.2 Å². The summed E-state index contributed by atoms with van der Waals surface area (Å²) in [7, 11) is 1.85. The molecule has 0 spiro atoms. The first-order chi connectivity index (χ1) is 12.5. The molecular weight excluding hydrogens is 334 g/mol. The number of benzene rings is 2. The summed E-state index contributed by atoms with van der Waals surface area (Å²) < 4.78 is 1.82. The van der Waals surface area contributed by atoms with E-state index in [9.17, 15) is 14.9 Å². The highest BCUT2D eigenvalue weighted by atomic mass is 16.6. The molecule has 0 saturated heterocycles. The molecule has 132 valence electrons. The fourth-order valence-corrected chi connectivity index (χ4v) is 2.59. The summed E-state index contributed by atoms with van der Waals surface area (Å²) in [5, 5.41) is 16.4. The molecule has 26 heavy (non-hydrogen) atoms. The molecule has 8 nitrogen and oxygen atoms in total. The van der Waals surface area contributed by atoms with E-state index >= 15 is 0 Å². The molecule has 0 aliphatic rings. The maximum absolute atomic E-state index is 12.5. The van der Waals surface area contributed by atoms with Gasteiger partial charge in [-0.1, -0.05) is 36.4 Å². The SMILES string of the molecule is Cn1ccnc1C(NC(=O)Nc1cccc([N+](=O)[O-])c1)c1ccccc1. The van der Waals surface area contributed by atoms with E-state index in [0.29, 0.717) is 11.5 Å². The Balaban J connectivity index is 1.81. The van der Waals surface area contributed by atoms with E-state index in [-0.39, 0.29) is 5.69 Å². The summed E-state index contributed by atoms with van der Waals surface area (Å²) in [6, 6.07) is 14.3. The van der Waals surface area contributed by atoms with Crippen LogP contribution in [0.15, 0.2) is 67.0 Å². The lowest BCUT2D eigenvalue weighted by molar-refractivity contribution is -0.384. The lowest BCUT2D eigenvalue weighted by Gasteiger charge is -2.19. The summed E-state index contributed by atoms with van der Waals surface area (Å²) in [5.41, 5.74) is 1.12. The molecule has 0 saturated carbocycles. The van der Waals surface area contributed by atoms with Crippen LogP contribution < -0.4 is 10.6 Å². The number of nitro benzene ring substituents is 1. The van der Waals surface area contributed by atoms with E-state index in [1.165, 1.54) is 18.2 Å². The average molecular weight is 351 g/mol. The Morgan fingerprint density at radius 1 is 1.19 bits per heavy atom. The fraction of sp³-hybridized carbons (Fsp3) is 0.111. The molecule has 2 N–H and O–H groups in total. The second kappa shape index (κ2) is 7.47. The van der Waals surface area contributed by atoms with Crippen LogP contribution in [-0.4, -0.2) is 20.5 Å². The molecular formula is C18H17N5O3. The summed E-state index contributed by atoms with van der Waals surface area (Å²) in [6.45, 7) is 0. The number of urea groups is 1. The van der Waals surface area contributed by atoms with Crippen LogP contribution in [-0.2, 0) is 7.05 Å². The minimum atomic E-state index is -0.510. The lowest BCUT2D eigenvalue weighted by atomic mass is 10.1. The van der Waals surface area contributed by atoms with Crippen molar-refractivity contribution in [3.8, 4) is 0 Å². The Bertz CT molecular complexity index is 923. The number of amides is 2. The Labute approximate surface area is 149 Å². The highest BCUT2D eigenvalue weighted by Crippen LogP contribution is 2.21. The third-order valence-corrected chi connectivity index (χ3v) is 3.84. The van der Waals surface area contributed by atoms with Gasteiger partial charge >= 0.3 is 6.03 Å². The van der Waals surface area contributed by atoms with Crippen LogP contribution in [0.25, 0.3) is 0 Å². The van der Waals surface area contributed by atoms with Crippen molar-refractivity contribution in [1.82, 2.24) is 14.9 Å². The summed E-state index contributed by atoms with van der Waals surface area (Å²) in [5.74, 6) is 0.672. The van der Waals surface area contributed by atoms with Gasteiger partial charge in [0, 0.05) is 37.3 Å². The number of nitrogens with one attached hydrogen (secondary N) is 2. The third-order valence-electron chi connectivity index (χ3n) is 3.84. The van der Waals surface area contributed by atoms with E-state index in [0.717, 1.165) is 5.56 Å². The molecule has 8 heteroatoms. The molecule has 0 aliphatic heterocycles. The predicted octanol–water partition coefficient (Wildman–Crippen LogP) is 3.24. The number of carbonyl (C=O) groups excluding carboxylic acids is 1. The molecule has 0 radical (unpaired) electrons. The van der Waals surface area contributed by atoms with Gasteiger partial charge in [-0.05, 0) is 11.6 Å². The maximum Gasteiger partial charge on any atom is 0.320 e. The normalized spacial score (nSPS) is 11.6. The molecule has 1 atom stereocenters. The summed E-state index contributed by atoms with van der Waals surface area (Å²) >= 11 is 0. The van der Waals surface area contributed by atoms with E-state index in [4.69, 9.17) is 0 Å². The van der Waals surface area contributed by atoms with Gasteiger partial charge in [-0.25, -0.2) is 9.78 Å². The van der Waals surface area contributed by atoms with Gasteiger partial charge in [0.15, 0.2) is 0 Å². The van der Waals surface area contributed by atoms with Crippen molar-refractivity contribution in [2.45, 2.75) is 6.04 Å². The zero-order chi connectivity index (χ0) is 18.5. The first-order valence-corrected chi connectivity index (χ1v) is 7.89. The highest BCUT2D eigenvalue weighted by molar-refractivity contribution is 5.90. The third kappa shape index (κ3) is 3.86. The van der Waals surface area contributed by atoms with Crippen LogP contribution >= 0.6 is 0 Å². The van der Waals surface area contributed by atoms with Crippen molar-refractivity contribution >= 4 is 17.4 Å². The maximum atomic E-state index is 12.5. The fourth-order valence-electron chi connectivity index (χ4n) is 2.59. The molecule has 0 aliphatic carbocycles. The van der Waals surface area contributed by atoms with Gasteiger partial charge in [0.25, 0.3) is 5.69 Å². The van der Waals surface area contributed by atoms with Gasteiger partial charge in [0.1, 0.15) is 11.9 Å². The van der Waals surface area contributed by atoms with Gasteiger partial charge in [-0.15, -0.1) is 0 Å². The summed E-state index contributed by atoms with van der Waals surface area (Å²) in [4.78, 5) is 27.1. The van der Waals surface area contributed by atoms with Crippen LogP contribution in [0.5, 0.6) is 0 Å². The summed E-state index contributed by atoms with van der Waals surface area (Å²) in [6.07, 6.45) is 3.46. The number of anilines is 1. The number of hydrogen-bond donors (Lipinski definition) is 2. The molecule has 3 rings (SSSR count). The molecule has 2 aromatic carbocycles. The first kappa shape index (κ1) is 17.2. The van der Waals surface area contributed by atoms with Gasteiger partial charge in [0.2, 0.25) is 0 Å². The van der Waals surface area contributed by atoms with Crippen LogP contribution in [0.3, 0.4) is 0 Å². The molecule has 0 bridgehead atoms. The van der Waals surface area contributed by atoms with E-state index < -0.39 is 17.0 Å². The van der Waals surface area contributed by atoms with Crippen molar-refractivity contribution in [2.75, 3.05) is 5.32 Å². The Morgan fingerprint density at radius 3 is 2.62 bits per heavy atom. The van der Waals surface area contributed by atoms with E-state index in [1.807, 2.05) is 41.9 Å². The van der Waals surface area contributed by atoms with E-state index in [2.05, 4.69) is 15.6 Å². The zero-order valence-corrected chi connectivity index (χ0v) is 14.0. The molecule has 1 aromatic heterocycles. The molecule has 0 fully saturated rings. The number of nitro groups is 1. The van der Waals surface area contributed by atoms with E-state index in [1.54, 1.807) is 18.5 Å². The van der Waals surface area contributed by atoms with Crippen LogP contribution in [0.2, 0.25) is 0 Å². The minimum Gasteiger partial charge on any atom is -0.336 e. The Kier molecular flexibility index (Phi) is 4.93. The van der Waals surface area contributed by atoms with Crippen molar-refractivity contribution in [1.29, 1.82) is 0 Å². The topological polar surface area (TPSA) is 102 Å². The predicted molar refractivity (Wildman–Crippen MR) is 96.7 cm³/mol. The van der Waals surface area contributed by atoms with Crippen LogP contribution in [0.1, 0.15) is 17.4 Å². The van der Waals surface area contributed by atoms with Gasteiger partial charge in [-0.2, -0.15) is 0 Å². The number of nitrogens with zero attached hydrogens (tertiary/aromatic N) is 3. The standard InChI is InChI=1S/C18H17N5O3/c1-22-11-10-19-17(22)16(13-6-3-2-4-7-13)21-18(24)20-14-8-5-9-15(12-14)23(25)26/h2-12,16H,1H3,(H2,20,21,24). The van der Waals surface area contributed by atoms with Crippen molar-refractivity contribution < 1.29 is 9.72 Å². The van der Waals surface area contributed by atoms with Crippen molar-refractivity contribution in [3.05, 3.63) is 88.5 Å². The number of carbonyl (C=O) groups is 1. The smallest absolute Gasteiger partial charge is 0.320 e. The highest BCUT2D eigenvalue weighted by Gasteiger charge is 2.20. The van der Waals surface area contributed by atoms with Crippen molar-refractivity contribution in [3.63, 3.8) is 0 Å². The van der Waals surface area contributed by atoms with Gasteiger partial charge in [-0.3, -0.25) is 10.1 Å².